The molecular weight excluding hydrogens is 240 g/mol. The number of hydrogen-bond acceptors (Lipinski definition) is 4. The summed E-state index contributed by atoms with van der Waals surface area (Å²) in [7, 11) is 1.58. The van der Waals surface area contributed by atoms with Gasteiger partial charge in [-0.2, -0.15) is 0 Å². The van der Waals surface area contributed by atoms with Gasteiger partial charge in [-0.1, -0.05) is 12.1 Å². The predicted molar refractivity (Wildman–Crippen MR) is 74.5 cm³/mol. The average molecular weight is 262 g/mol. The highest BCUT2D eigenvalue weighted by atomic mass is 16.5. The zero-order valence-electron chi connectivity index (χ0n) is 11.4. The summed E-state index contributed by atoms with van der Waals surface area (Å²) < 4.78 is 5.14. The highest BCUT2D eigenvalue weighted by Crippen LogP contribution is 2.31. The van der Waals surface area contributed by atoms with Gasteiger partial charge in [0.1, 0.15) is 0 Å². The van der Waals surface area contributed by atoms with E-state index in [1.807, 2.05) is 12.1 Å². The van der Waals surface area contributed by atoms with Gasteiger partial charge in [-0.3, -0.25) is 4.90 Å². The van der Waals surface area contributed by atoms with E-state index in [4.69, 9.17) is 4.74 Å². The van der Waals surface area contributed by atoms with Crippen molar-refractivity contribution in [1.82, 2.24) is 10.2 Å². The number of phenolic OH excluding ortho intramolecular Hbond substituents is 1. The molecule has 19 heavy (non-hydrogen) atoms. The maximum absolute atomic E-state index is 10.1. The van der Waals surface area contributed by atoms with Gasteiger partial charge in [-0.15, -0.1) is 0 Å². The lowest BCUT2D eigenvalue weighted by molar-refractivity contribution is 0.297. The normalized spacial score (nSPS) is 26.6. The highest BCUT2D eigenvalue weighted by Gasteiger charge is 2.36. The van der Waals surface area contributed by atoms with Crippen molar-refractivity contribution >= 4 is 0 Å². The summed E-state index contributed by atoms with van der Waals surface area (Å²) in [5, 5.41) is 13.7. The maximum atomic E-state index is 10.1. The van der Waals surface area contributed by atoms with Crippen molar-refractivity contribution in [3.63, 3.8) is 0 Å². The van der Waals surface area contributed by atoms with Crippen LogP contribution in [0.2, 0.25) is 0 Å². The van der Waals surface area contributed by atoms with Crippen molar-refractivity contribution in [3.05, 3.63) is 23.8 Å². The van der Waals surface area contributed by atoms with Crippen LogP contribution < -0.4 is 10.1 Å². The molecule has 4 nitrogen and oxygen atoms in total. The molecule has 2 heterocycles. The van der Waals surface area contributed by atoms with Gasteiger partial charge in [0.15, 0.2) is 11.5 Å². The molecule has 0 aromatic heterocycles. The van der Waals surface area contributed by atoms with Crippen LogP contribution in [-0.2, 0) is 6.54 Å². The molecule has 2 unspecified atom stereocenters. The Balaban J connectivity index is 1.63. The summed E-state index contributed by atoms with van der Waals surface area (Å²) in [6, 6.07) is 6.92. The van der Waals surface area contributed by atoms with Crippen molar-refractivity contribution in [1.29, 1.82) is 0 Å². The second-order valence-electron chi connectivity index (χ2n) is 5.49. The van der Waals surface area contributed by atoms with Crippen LogP contribution in [0, 0.1) is 0 Å². The number of nitrogens with one attached hydrogen (secondary N) is 1. The molecule has 1 aromatic rings. The first kappa shape index (κ1) is 12.8. The van der Waals surface area contributed by atoms with Crippen LogP contribution in [0.25, 0.3) is 0 Å². The molecule has 0 saturated carbocycles. The van der Waals surface area contributed by atoms with E-state index >= 15 is 0 Å². The van der Waals surface area contributed by atoms with Crippen molar-refractivity contribution in [2.45, 2.75) is 37.9 Å². The molecule has 2 fully saturated rings. The van der Waals surface area contributed by atoms with E-state index in [0.717, 1.165) is 5.56 Å². The van der Waals surface area contributed by atoms with Crippen LogP contribution in [0.15, 0.2) is 18.2 Å². The predicted octanol–water partition coefficient (Wildman–Crippen LogP) is 1.73. The first-order valence-corrected chi connectivity index (χ1v) is 7.12. The van der Waals surface area contributed by atoms with Crippen LogP contribution >= 0.6 is 0 Å². The van der Waals surface area contributed by atoms with E-state index in [0.29, 0.717) is 24.4 Å². The molecule has 0 amide bonds. The molecule has 3 rings (SSSR count). The summed E-state index contributed by atoms with van der Waals surface area (Å²) in [5.41, 5.74) is 0.913. The summed E-state index contributed by atoms with van der Waals surface area (Å²) in [4.78, 5) is 2.59. The van der Waals surface area contributed by atoms with Crippen molar-refractivity contribution < 1.29 is 9.84 Å². The summed E-state index contributed by atoms with van der Waals surface area (Å²) in [5.74, 6) is 0.812. The van der Waals surface area contributed by atoms with E-state index < -0.39 is 0 Å². The number of benzene rings is 1. The van der Waals surface area contributed by atoms with Gasteiger partial charge in [0, 0.05) is 30.7 Å². The molecule has 0 aliphatic carbocycles. The molecule has 0 spiro atoms. The number of nitrogens with zero attached hydrogens (tertiary/aromatic N) is 1. The van der Waals surface area contributed by atoms with Crippen molar-refractivity contribution in [2.24, 2.45) is 0 Å². The third-order valence-corrected chi connectivity index (χ3v) is 4.46. The molecule has 2 aliphatic heterocycles. The first-order valence-electron chi connectivity index (χ1n) is 7.12. The first-order chi connectivity index (χ1) is 9.29. The SMILES string of the molecule is COc1cccc(CNC2CCN3CCCC23)c1O. The lowest BCUT2D eigenvalue weighted by Gasteiger charge is -2.21. The Morgan fingerprint density at radius 2 is 2.26 bits per heavy atom. The van der Waals surface area contributed by atoms with Crippen LogP contribution in [0.3, 0.4) is 0 Å². The Labute approximate surface area is 114 Å². The number of hydrogen-bond donors (Lipinski definition) is 2. The number of ether oxygens (including phenoxy) is 1. The van der Waals surface area contributed by atoms with Gasteiger partial charge in [0.2, 0.25) is 0 Å². The maximum Gasteiger partial charge on any atom is 0.162 e. The van der Waals surface area contributed by atoms with Gasteiger partial charge in [-0.05, 0) is 31.9 Å². The Hall–Kier alpha value is -1.26. The fourth-order valence-electron chi connectivity index (χ4n) is 3.44. The fourth-order valence-corrected chi connectivity index (χ4v) is 3.44. The number of para-hydroxylation sites is 1. The molecule has 2 atom stereocenters. The van der Waals surface area contributed by atoms with E-state index in [9.17, 15) is 5.11 Å². The number of fused-ring (bicyclic) bond motifs is 1. The Bertz CT molecular complexity index is 450. The van der Waals surface area contributed by atoms with E-state index in [1.165, 1.54) is 32.4 Å². The number of methoxy groups -OCH3 is 1. The standard InChI is InChI=1S/C15H22N2O2/c1-19-14-6-2-4-11(15(14)18)10-16-12-7-9-17-8-3-5-13(12)17/h2,4,6,12-13,16,18H,3,5,7-10H2,1H3. The van der Waals surface area contributed by atoms with Gasteiger partial charge in [-0.25, -0.2) is 0 Å². The molecule has 2 N–H and O–H groups in total. The third kappa shape index (κ3) is 2.42. The topological polar surface area (TPSA) is 44.7 Å². The summed E-state index contributed by atoms with van der Waals surface area (Å²) in [6.45, 7) is 3.18. The zero-order valence-corrected chi connectivity index (χ0v) is 11.4. The molecule has 2 saturated heterocycles. The van der Waals surface area contributed by atoms with Crippen LogP contribution in [-0.4, -0.2) is 42.3 Å². The van der Waals surface area contributed by atoms with Gasteiger partial charge in [0.25, 0.3) is 0 Å². The van der Waals surface area contributed by atoms with Crippen molar-refractivity contribution in [2.75, 3.05) is 20.2 Å². The minimum Gasteiger partial charge on any atom is -0.504 e. The molecule has 2 aliphatic rings. The minimum atomic E-state index is 0.263. The lowest BCUT2D eigenvalue weighted by Crippen LogP contribution is -2.38. The van der Waals surface area contributed by atoms with Crippen LogP contribution in [0.4, 0.5) is 0 Å². The monoisotopic (exact) mass is 262 g/mol. The van der Waals surface area contributed by atoms with E-state index in [2.05, 4.69) is 10.2 Å². The number of rotatable bonds is 4. The Kier molecular flexibility index (Phi) is 3.62. The van der Waals surface area contributed by atoms with E-state index in [-0.39, 0.29) is 5.75 Å². The lowest BCUT2D eigenvalue weighted by atomic mass is 10.1. The van der Waals surface area contributed by atoms with Crippen LogP contribution in [0.1, 0.15) is 24.8 Å². The van der Waals surface area contributed by atoms with Crippen LogP contribution in [0.5, 0.6) is 11.5 Å². The molecule has 0 radical (unpaired) electrons. The highest BCUT2D eigenvalue weighted by molar-refractivity contribution is 5.45. The zero-order chi connectivity index (χ0) is 13.2. The molecule has 104 valence electrons. The van der Waals surface area contributed by atoms with Gasteiger partial charge in [0.05, 0.1) is 7.11 Å². The Morgan fingerprint density at radius 3 is 3.11 bits per heavy atom. The Morgan fingerprint density at radius 1 is 1.37 bits per heavy atom. The third-order valence-electron chi connectivity index (χ3n) is 4.46. The average Bonchev–Trinajstić information content (AvgIpc) is 3.01. The fraction of sp³-hybridized carbons (Fsp3) is 0.600. The number of aromatic hydroxyl groups is 1. The largest absolute Gasteiger partial charge is 0.504 e. The number of phenols is 1. The summed E-state index contributed by atoms with van der Waals surface area (Å²) in [6.07, 6.45) is 3.85. The smallest absolute Gasteiger partial charge is 0.162 e. The van der Waals surface area contributed by atoms with E-state index in [1.54, 1.807) is 13.2 Å². The molecule has 0 bridgehead atoms. The second kappa shape index (κ2) is 5.39. The second-order valence-corrected chi connectivity index (χ2v) is 5.49. The minimum absolute atomic E-state index is 0.263. The molecule has 1 aromatic carbocycles. The quantitative estimate of drug-likeness (QED) is 0.867. The van der Waals surface area contributed by atoms with Crippen molar-refractivity contribution in [3.8, 4) is 11.5 Å². The van der Waals surface area contributed by atoms with Gasteiger partial charge >= 0.3 is 0 Å². The molecule has 4 heteroatoms. The summed E-state index contributed by atoms with van der Waals surface area (Å²) >= 11 is 0. The molecular formula is C15H22N2O2. The van der Waals surface area contributed by atoms with Gasteiger partial charge < -0.3 is 15.2 Å².